The van der Waals surface area contributed by atoms with Crippen molar-refractivity contribution in [1.29, 1.82) is 0 Å². The summed E-state index contributed by atoms with van der Waals surface area (Å²) in [6.45, 7) is 0.934. The molecule has 0 unspecified atom stereocenters. The van der Waals surface area contributed by atoms with Crippen LogP contribution in [0.3, 0.4) is 0 Å². The fourth-order valence-electron chi connectivity index (χ4n) is 2.41. The quantitative estimate of drug-likeness (QED) is 0.685. The Kier molecular flexibility index (Phi) is 5.41. The number of para-hydroxylation sites is 1. The zero-order valence-corrected chi connectivity index (χ0v) is 13.9. The van der Waals surface area contributed by atoms with Crippen LogP contribution in [0.15, 0.2) is 60.9 Å². The Morgan fingerprint density at radius 1 is 0.880 bits per heavy atom. The van der Waals surface area contributed by atoms with Gasteiger partial charge in [-0.05, 0) is 12.1 Å². The number of benzene rings is 2. The maximum Gasteiger partial charge on any atom is 0.131 e. The van der Waals surface area contributed by atoms with E-state index < -0.39 is 0 Å². The first-order valence-corrected chi connectivity index (χ1v) is 7.91. The molecule has 0 saturated carbocycles. The summed E-state index contributed by atoms with van der Waals surface area (Å²) in [6, 6.07) is 16.2. The molecule has 0 aliphatic rings. The SMILES string of the molecule is COc1ccccc1CNc1cc(NCc2ccccc2F)ncn1. The Hall–Kier alpha value is -3.15. The highest BCUT2D eigenvalue weighted by Gasteiger charge is 2.04. The normalized spacial score (nSPS) is 10.3. The molecule has 0 fully saturated rings. The zero-order chi connectivity index (χ0) is 17.5. The van der Waals surface area contributed by atoms with E-state index in [4.69, 9.17) is 4.74 Å². The van der Waals surface area contributed by atoms with E-state index in [1.807, 2.05) is 24.3 Å². The lowest BCUT2D eigenvalue weighted by Gasteiger charge is -2.11. The Morgan fingerprint density at radius 2 is 1.48 bits per heavy atom. The molecule has 25 heavy (non-hydrogen) atoms. The summed E-state index contributed by atoms with van der Waals surface area (Å²) >= 11 is 0. The topological polar surface area (TPSA) is 59.1 Å². The number of ether oxygens (including phenoxy) is 1. The molecule has 128 valence electrons. The summed E-state index contributed by atoms with van der Waals surface area (Å²) in [6.07, 6.45) is 1.47. The largest absolute Gasteiger partial charge is 0.496 e. The smallest absolute Gasteiger partial charge is 0.131 e. The van der Waals surface area contributed by atoms with Crippen molar-refractivity contribution in [2.24, 2.45) is 0 Å². The fourth-order valence-corrected chi connectivity index (χ4v) is 2.41. The molecule has 0 amide bonds. The highest BCUT2D eigenvalue weighted by Crippen LogP contribution is 2.19. The van der Waals surface area contributed by atoms with Crippen LogP contribution in [0, 0.1) is 5.82 Å². The van der Waals surface area contributed by atoms with Crippen LogP contribution in [-0.4, -0.2) is 17.1 Å². The van der Waals surface area contributed by atoms with Crippen LogP contribution in [0.2, 0.25) is 0 Å². The van der Waals surface area contributed by atoms with Gasteiger partial charge in [0.1, 0.15) is 29.5 Å². The fraction of sp³-hybridized carbons (Fsp3) is 0.158. The van der Waals surface area contributed by atoms with Crippen molar-refractivity contribution >= 4 is 11.6 Å². The minimum Gasteiger partial charge on any atom is -0.496 e. The first kappa shape index (κ1) is 16.7. The number of nitrogens with one attached hydrogen (secondary N) is 2. The molecule has 6 heteroatoms. The monoisotopic (exact) mass is 338 g/mol. The lowest BCUT2D eigenvalue weighted by atomic mass is 10.2. The summed E-state index contributed by atoms with van der Waals surface area (Å²) in [4.78, 5) is 8.37. The predicted molar refractivity (Wildman–Crippen MR) is 96.1 cm³/mol. The lowest BCUT2D eigenvalue weighted by Crippen LogP contribution is -2.06. The van der Waals surface area contributed by atoms with E-state index in [-0.39, 0.29) is 5.82 Å². The van der Waals surface area contributed by atoms with Crippen LogP contribution >= 0.6 is 0 Å². The van der Waals surface area contributed by atoms with Gasteiger partial charge >= 0.3 is 0 Å². The van der Waals surface area contributed by atoms with Gasteiger partial charge in [-0.1, -0.05) is 36.4 Å². The lowest BCUT2D eigenvalue weighted by molar-refractivity contribution is 0.410. The number of aromatic nitrogens is 2. The average molecular weight is 338 g/mol. The summed E-state index contributed by atoms with van der Waals surface area (Å²) in [5.41, 5.74) is 1.62. The number of methoxy groups -OCH3 is 1. The van der Waals surface area contributed by atoms with Crippen molar-refractivity contribution in [3.05, 3.63) is 77.9 Å². The van der Waals surface area contributed by atoms with Crippen LogP contribution < -0.4 is 15.4 Å². The Bertz CT molecular complexity index is 841. The molecule has 0 spiro atoms. The van der Waals surface area contributed by atoms with E-state index in [1.165, 1.54) is 12.4 Å². The molecule has 0 atom stereocenters. The van der Waals surface area contributed by atoms with Gasteiger partial charge < -0.3 is 15.4 Å². The summed E-state index contributed by atoms with van der Waals surface area (Å²) < 4.78 is 19.0. The van der Waals surface area contributed by atoms with Gasteiger partial charge in [0, 0.05) is 30.3 Å². The van der Waals surface area contributed by atoms with Crippen LogP contribution in [-0.2, 0) is 13.1 Å². The standard InChI is InChI=1S/C19H19FN4O/c1-25-17-9-5-3-7-15(17)12-22-19-10-18(23-13-24-19)21-11-14-6-2-4-8-16(14)20/h2-10,13H,11-12H2,1H3,(H2,21,22,23,24). The third kappa shape index (κ3) is 4.44. The van der Waals surface area contributed by atoms with Gasteiger partial charge in [-0.25, -0.2) is 14.4 Å². The van der Waals surface area contributed by atoms with E-state index in [1.54, 1.807) is 31.4 Å². The van der Waals surface area contributed by atoms with Crippen molar-refractivity contribution in [3.63, 3.8) is 0 Å². The predicted octanol–water partition coefficient (Wildman–Crippen LogP) is 3.85. The highest BCUT2D eigenvalue weighted by atomic mass is 19.1. The van der Waals surface area contributed by atoms with Gasteiger partial charge in [-0.2, -0.15) is 0 Å². The van der Waals surface area contributed by atoms with Crippen molar-refractivity contribution in [2.75, 3.05) is 17.7 Å². The summed E-state index contributed by atoms with van der Waals surface area (Å²) in [7, 11) is 1.65. The number of hydrogen-bond acceptors (Lipinski definition) is 5. The molecule has 2 N–H and O–H groups in total. The van der Waals surface area contributed by atoms with E-state index in [9.17, 15) is 4.39 Å². The van der Waals surface area contributed by atoms with Crippen molar-refractivity contribution in [2.45, 2.75) is 13.1 Å². The van der Waals surface area contributed by atoms with Gasteiger partial charge in [0.15, 0.2) is 0 Å². The van der Waals surface area contributed by atoms with Crippen LogP contribution in [0.1, 0.15) is 11.1 Å². The Labute approximate surface area is 145 Å². The first-order chi connectivity index (χ1) is 12.3. The van der Waals surface area contributed by atoms with Gasteiger partial charge in [-0.3, -0.25) is 0 Å². The van der Waals surface area contributed by atoms with Gasteiger partial charge in [-0.15, -0.1) is 0 Å². The minimum absolute atomic E-state index is 0.237. The number of hydrogen-bond donors (Lipinski definition) is 2. The number of rotatable bonds is 7. The third-order valence-corrected chi connectivity index (χ3v) is 3.74. The summed E-state index contributed by atoms with van der Waals surface area (Å²) in [5, 5.41) is 6.35. The zero-order valence-electron chi connectivity index (χ0n) is 13.9. The second kappa shape index (κ2) is 8.10. The molecule has 1 heterocycles. The van der Waals surface area contributed by atoms with Gasteiger partial charge in [0.2, 0.25) is 0 Å². The molecule has 1 aromatic heterocycles. The molecular formula is C19H19FN4O. The van der Waals surface area contributed by atoms with Crippen molar-refractivity contribution in [1.82, 2.24) is 9.97 Å². The van der Waals surface area contributed by atoms with Crippen molar-refractivity contribution in [3.8, 4) is 5.75 Å². The average Bonchev–Trinajstić information content (AvgIpc) is 2.66. The molecule has 0 radical (unpaired) electrons. The molecule has 0 saturated heterocycles. The van der Waals surface area contributed by atoms with Gasteiger partial charge in [0.05, 0.1) is 7.11 Å². The second-order valence-corrected chi connectivity index (χ2v) is 5.40. The molecule has 0 aliphatic heterocycles. The molecule has 0 aliphatic carbocycles. The molecule has 3 aromatic rings. The molecule has 2 aromatic carbocycles. The number of nitrogens with zero attached hydrogens (tertiary/aromatic N) is 2. The van der Waals surface area contributed by atoms with E-state index in [2.05, 4.69) is 20.6 Å². The Morgan fingerprint density at radius 3 is 2.16 bits per heavy atom. The molecule has 5 nitrogen and oxygen atoms in total. The van der Waals surface area contributed by atoms with Crippen LogP contribution in [0.5, 0.6) is 5.75 Å². The van der Waals surface area contributed by atoms with E-state index in [0.29, 0.717) is 30.3 Å². The Balaban J connectivity index is 1.62. The second-order valence-electron chi connectivity index (χ2n) is 5.40. The summed E-state index contributed by atoms with van der Waals surface area (Å²) in [5.74, 6) is 1.89. The number of halogens is 1. The first-order valence-electron chi connectivity index (χ1n) is 7.91. The number of anilines is 2. The van der Waals surface area contributed by atoms with Crippen molar-refractivity contribution < 1.29 is 9.13 Å². The maximum absolute atomic E-state index is 13.7. The van der Waals surface area contributed by atoms with Crippen LogP contribution in [0.4, 0.5) is 16.0 Å². The molecule has 0 bridgehead atoms. The van der Waals surface area contributed by atoms with E-state index >= 15 is 0 Å². The van der Waals surface area contributed by atoms with Crippen LogP contribution in [0.25, 0.3) is 0 Å². The third-order valence-electron chi connectivity index (χ3n) is 3.74. The van der Waals surface area contributed by atoms with E-state index in [0.717, 1.165) is 11.3 Å². The molecule has 3 rings (SSSR count). The minimum atomic E-state index is -0.237. The molecular weight excluding hydrogens is 319 g/mol. The van der Waals surface area contributed by atoms with Gasteiger partial charge in [0.25, 0.3) is 0 Å². The maximum atomic E-state index is 13.7. The highest BCUT2D eigenvalue weighted by molar-refractivity contribution is 5.48.